The van der Waals surface area contributed by atoms with E-state index in [9.17, 15) is 13.6 Å². The first-order valence-corrected chi connectivity index (χ1v) is 3.45. The number of esters is 1. The second kappa shape index (κ2) is 3.85. The fraction of sp³-hybridized carbons (Fsp3) is 0.833. The van der Waals surface area contributed by atoms with Gasteiger partial charge in [0.05, 0.1) is 6.10 Å². The van der Waals surface area contributed by atoms with Crippen molar-refractivity contribution < 1.29 is 18.3 Å². The molecule has 2 nitrogen and oxygen atoms in total. The van der Waals surface area contributed by atoms with Gasteiger partial charge in [-0.15, -0.1) is 0 Å². The second-order valence-corrected chi connectivity index (χ2v) is 2.88. The fourth-order valence-electron chi connectivity index (χ4n) is 0.468. The molecule has 0 rings (SSSR count). The van der Waals surface area contributed by atoms with Crippen LogP contribution in [0.4, 0.5) is 8.78 Å². The van der Waals surface area contributed by atoms with E-state index in [-0.39, 0.29) is 6.10 Å². The van der Waals surface area contributed by atoms with Gasteiger partial charge < -0.3 is 4.74 Å². The highest BCUT2D eigenvalue weighted by molar-refractivity contribution is 6.22. The highest BCUT2D eigenvalue weighted by atomic mass is 35.5. The Morgan fingerprint density at radius 2 is 2.09 bits per heavy atom. The van der Waals surface area contributed by atoms with Gasteiger partial charge in [-0.3, -0.25) is 4.79 Å². The van der Waals surface area contributed by atoms with Gasteiger partial charge in [0.2, 0.25) is 0 Å². The van der Waals surface area contributed by atoms with Crippen LogP contribution >= 0.6 is 11.6 Å². The standard InChI is InChI=1S/C6H9ClF2O2/c1-4(2)11-5(10)3-6(7,8)9/h4H,3H2,1-2H3. The van der Waals surface area contributed by atoms with Crippen molar-refractivity contribution in [2.24, 2.45) is 0 Å². The first-order chi connectivity index (χ1) is 4.81. The number of halogens is 3. The number of rotatable bonds is 3. The van der Waals surface area contributed by atoms with Crippen LogP contribution in [0.5, 0.6) is 0 Å². The minimum atomic E-state index is -3.49. The summed E-state index contributed by atoms with van der Waals surface area (Å²) in [4.78, 5) is 10.5. The number of ether oxygens (including phenoxy) is 1. The minimum Gasteiger partial charge on any atom is -0.463 e. The molecule has 5 heteroatoms. The third kappa shape index (κ3) is 7.52. The third-order valence-electron chi connectivity index (χ3n) is 0.712. The van der Waals surface area contributed by atoms with Gasteiger partial charge in [-0.05, 0) is 25.4 Å². The molecule has 0 aliphatic heterocycles. The Kier molecular flexibility index (Phi) is 3.72. The molecule has 0 fully saturated rings. The Hall–Kier alpha value is -0.380. The van der Waals surface area contributed by atoms with Crippen LogP contribution in [0.2, 0.25) is 0 Å². The highest BCUT2D eigenvalue weighted by Gasteiger charge is 2.29. The van der Waals surface area contributed by atoms with Gasteiger partial charge in [0.1, 0.15) is 6.42 Å². The number of alkyl halides is 3. The van der Waals surface area contributed by atoms with E-state index in [1.807, 2.05) is 0 Å². The molecule has 0 aliphatic carbocycles. The lowest BCUT2D eigenvalue weighted by Gasteiger charge is -2.09. The molecule has 0 unspecified atom stereocenters. The first-order valence-electron chi connectivity index (χ1n) is 3.07. The summed E-state index contributed by atoms with van der Waals surface area (Å²) in [5.74, 6) is -0.986. The molecule has 0 aromatic carbocycles. The lowest BCUT2D eigenvalue weighted by Crippen LogP contribution is -2.19. The SMILES string of the molecule is CC(C)OC(=O)CC(F)(F)Cl. The van der Waals surface area contributed by atoms with Crippen LogP contribution in [-0.2, 0) is 9.53 Å². The van der Waals surface area contributed by atoms with Crippen molar-refractivity contribution in [1.82, 2.24) is 0 Å². The van der Waals surface area contributed by atoms with Crippen LogP contribution in [-0.4, -0.2) is 17.5 Å². The van der Waals surface area contributed by atoms with E-state index in [2.05, 4.69) is 16.3 Å². The zero-order valence-corrected chi connectivity index (χ0v) is 6.99. The summed E-state index contributed by atoms with van der Waals surface area (Å²) in [6, 6.07) is 0. The molecular weight excluding hydrogens is 178 g/mol. The quantitative estimate of drug-likeness (QED) is 0.499. The fourth-order valence-corrected chi connectivity index (χ4v) is 0.577. The summed E-state index contributed by atoms with van der Waals surface area (Å²) in [5, 5.41) is -3.49. The van der Waals surface area contributed by atoms with Crippen molar-refractivity contribution in [3.8, 4) is 0 Å². The maximum Gasteiger partial charge on any atom is 0.332 e. The van der Waals surface area contributed by atoms with E-state index < -0.39 is 17.8 Å². The normalized spacial score (nSPS) is 11.8. The Balaban J connectivity index is 3.71. The molecule has 0 saturated carbocycles. The maximum atomic E-state index is 11.9. The maximum absolute atomic E-state index is 11.9. The summed E-state index contributed by atoms with van der Waals surface area (Å²) < 4.78 is 28.2. The van der Waals surface area contributed by atoms with Crippen molar-refractivity contribution in [3.05, 3.63) is 0 Å². The summed E-state index contributed by atoms with van der Waals surface area (Å²) in [6.45, 7) is 3.15. The van der Waals surface area contributed by atoms with Gasteiger partial charge in [-0.1, -0.05) is 0 Å². The van der Waals surface area contributed by atoms with E-state index in [0.29, 0.717) is 0 Å². The molecule has 0 bridgehead atoms. The van der Waals surface area contributed by atoms with Crippen LogP contribution in [0.15, 0.2) is 0 Å². The first kappa shape index (κ1) is 10.6. The van der Waals surface area contributed by atoms with Crippen LogP contribution in [0.3, 0.4) is 0 Å². The molecule has 0 aliphatic rings. The van der Waals surface area contributed by atoms with E-state index >= 15 is 0 Å². The number of carbonyl (C=O) groups excluding carboxylic acids is 1. The molecular formula is C6H9ClF2O2. The Labute approximate surface area is 68.5 Å². The zero-order chi connectivity index (χ0) is 9.07. The van der Waals surface area contributed by atoms with Crippen LogP contribution in [0, 0.1) is 0 Å². The molecule has 0 aromatic rings. The van der Waals surface area contributed by atoms with Crippen LogP contribution in [0.1, 0.15) is 20.3 Å². The van der Waals surface area contributed by atoms with Gasteiger partial charge in [0, 0.05) is 0 Å². The van der Waals surface area contributed by atoms with Crippen molar-refractivity contribution >= 4 is 17.6 Å². The predicted octanol–water partition coefficient (Wildman–Crippen LogP) is 2.16. The average molecular weight is 187 g/mol. The molecule has 0 N–H and O–H groups in total. The lowest BCUT2D eigenvalue weighted by molar-refractivity contribution is -0.151. The molecule has 0 spiro atoms. The highest BCUT2D eigenvalue weighted by Crippen LogP contribution is 2.23. The minimum absolute atomic E-state index is 0.387. The topological polar surface area (TPSA) is 26.3 Å². The second-order valence-electron chi connectivity index (χ2n) is 2.33. The Morgan fingerprint density at radius 3 is 2.36 bits per heavy atom. The Bertz CT molecular complexity index is 142. The zero-order valence-electron chi connectivity index (χ0n) is 6.23. The van der Waals surface area contributed by atoms with E-state index in [0.717, 1.165) is 0 Å². The molecule has 0 amide bonds. The number of hydrogen-bond donors (Lipinski definition) is 0. The van der Waals surface area contributed by atoms with Gasteiger partial charge in [-0.25, -0.2) is 0 Å². The molecule has 0 heterocycles. The third-order valence-corrected chi connectivity index (χ3v) is 0.846. The van der Waals surface area contributed by atoms with Gasteiger partial charge in [0.25, 0.3) is 0 Å². The van der Waals surface area contributed by atoms with E-state index in [4.69, 9.17) is 0 Å². The molecule has 0 aromatic heterocycles. The average Bonchev–Trinajstić information content (AvgIpc) is 1.53. The van der Waals surface area contributed by atoms with Crippen LogP contribution < -0.4 is 0 Å². The van der Waals surface area contributed by atoms with E-state index in [1.54, 1.807) is 13.8 Å². The lowest BCUT2D eigenvalue weighted by atomic mass is 10.4. The predicted molar refractivity (Wildman–Crippen MR) is 36.6 cm³/mol. The molecule has 11 heavy (non-hydrogen) atoms. The van der Waals surface area contributed by atoms with Gasteiger partial charge >= 0.3 is 11.4 Å². The number of carbonyl (C=O) groups is 1. The monoisotopic (exact) mass is 186 g/mol. The molecule has 0 saturated heterocycles. The van der Waals surface area contributed by atoms with Gasteiger partial charge in [0.15, 0.2) is 0 Å². The number of hydrogen-bond acceptors (Lipinski definition) is 2. The summed E-state index contributed by atoms with van der Waals surface area (Å²) >= 11 is 4.48. The molecule has 0 atom stereocenters. The van der Waals surface area contributed by atoms with Crippen molar-refractivity contribution in [3.63, 3.8) is 0 Å². The van der Waals surface area contributed by atoms with Gasteiger partial charge in [-0.2, -0.15) is 8.78 Å². The Morgan fingerprint density at radius 1 is 1.64 bits per heavy atom. The molecule has 66 valence electrons. The van der Waals surface area contributed by atoms with Crippen molar-refractivity contribution in [2.75, 3.05) is 0 Å². The summed E-state index contributed by atoms with van der Waals surface area (Å²) in [6.07, 6.45) is -1.46. The summed E-state index contributed by atoms with van der Waals surface area (Å²) in [7, 11) is 0. The van der Waals surface area contributed by atoms with E-state index in [1.165, 1.54) is 0 Å². The smallest absolute Gasteiger partial charge is 0.332 e. The molecule has 0 radical (unpaired) electrons. The van der Waals surface area contributed by atoms with Crippen molar-refractivity contribution in [1.29, 1.82) is 0 Å². The van der Waals surface area contributed by atoms with Crippen LogP contribution in [0.25, 0.3) is 0 Å². The summed E-state index contributed by atoms with van der Waals surface area (Å²) in [5.41, 5.74) is 0. The largest absolute Gasteiger partial charge is 0.463 e. The van der Waals surface area contributed by atoms with Crippen molar-refractivity contribution in [2.45, 2.75) is 31.8 Å².